The zero-order valence-electron chi connectivity index (χ0n) is 24.5. The van der Waals surface area contributed by atoms with Crippen LogP contribution in [0.4, 0.5) is 16.3 Å². The van der Waals surface area contributed by atoms with Gasteiger partial charge in [0.05, 0.1) is 36.8 Å². The van der Waals surface area contributed by atoms with Gasteiger partial charge in [-0.25, -0.2) is 9.78 Å². The molecule has 1 aromatic carbocycles. The van der Waals surface area contributed by atoms with E-state index in [1.165, 1.54) is 17.1 Å². The van der Waals surface area contributed by atoms with Crippen LogP contribution in [0.15, 0.2) is 41.7 Å². The summed E-state index contributed by atoms with van der Waals surface area (Å²) in [5, 5.41) is 5.45. The molecule has 2 amide bonds. The molecule has 2 heterocycles. The predicted molar refractivity (Wildman–Crippen MR) is 155 cm³/mol. The van der Waals surface area contributed by atoms with E-state index in [1.807, 2.05) is 32.9 Å². The van der Waals surface area contributed by atoms with Crippen LogP contribution in [0.2, 0.25) is 0 Å². The first-order valence-corrected chi connectivity index (χ1v) is 13.1. The molecule has 0 fully saturated rings. The average Bonchev–Trinajstić information content (AvgIpc) is 2.86. The number of hydrogen-bond acceptors (Lipinski definition) is 9. The standard InChI is InChI=1S/C29H38N6O6/c1-8-40-15-22(34-28(38)41-29(4,5)6)20-11-21(13-31-12-20)33-26(36)23-25(30)32-16-35(27(23)37)24-17(2)9-19(14-39-7)10-18(24)3/h9-13,16,22H,8,14-15,30H2,1-7H3,(H,33,36)(H,34,38)/t22-/m1/s1. The number of nitrogens with two attached hydrogens (primary N) is 1. The number of aryl methyl sites for hydroxylation is 2. The summed E-state index contributed by atoms with van der Waals surface area (Å²) >= 11 is 0. The van der Waals surface area contributed by atoms with Gasteiger partial charge in [0.25, 0.3) is 11.5 Å². The molecule has 0 bridgehead atoms. The number of nitrogen functional groups attached to an aromatic ring is 1. The number of aromatic nitrogens is 3. The van der Waals surface area contributed by atoms with Crippen LogP contribution < -0.4 is 21.9 Å². The third-order valence-electron chi connectivity index (χ3n) is 5.93. The minimum absolute atomic E-state index is 0.150. The van der Waals surface area contributed by atoms with Gasteiger partial charge < -0.3 is 30.6 Å². The molecule has 41 heavy (non-hydrogen) atoms. The number of hydrogen-bond donors (Lipinski definition) is 3. The summed E-state index contributed by atoms with van der Waals surface area (Å²) in [4.78, 5) is 47.6. The van der Waals surface area contributed by atoms with Crippen molar-refractivity contribution in [2.24, 2.45) is 0 Å². The smallest absolute Gasteiger partial charge is 0.408 e. The minimum atomic E-state index is -0.749. The van der Waals surface area contributed by atoms with Gasteiger partial charge in [-0.05, 0) is 69.9 Å². The highest BCUT2D eigenvalue weighted by atomic mass is 16.6. The molecule has 0 radical (unpaired) electrons. The number of alkyl carbamates (subject to hydrolysis) is 1. The van der Waals surface area contributed by atoms with Gasteiger partial charge in [0.15, 0.2) is 0 Å². The lowest BCUT2D eigenvalue weighted by molar-refractivity contribution is 0.0448. The summed E-state index contributed by atoms with van der Waals surface area (Å²) in [6.07, 6.45) is 3.64. The second-order valence-corrected chi connectivity index (χ2v) is 10.5. The minimum Gasteiger partial charge on any atom is -0.444 e. The number of rotatable bonds is 10. The van der Waals surface area contributed by atoms with E-state index in [2.05, 4.69) is 20.6 Å². The molecule has 0 aliphatic heterocycles. The van der Waals surface area contributed by atoms with Crippen LogP contribution in [0.3, 0.4) is 0 Å². The summed E-state index contributed by atoms with van der Waals surface area (Å²) in [6.45, 7) is 11.9. The van der Waals surface area contributed by atoms with E-state index in [1.54, 1.807) is 40.1 Å². The normalized spacial score (nSPS) is 12.1. The number of benzene rings is 1. The van der Waals surface area contributed by atoms with Crippen LogP contribution in [0, 0.1) is 13.8 Å². The van der Waals surface area contributed by atoms with Crippen molar-refractivity contribution in [3.05, 3.63) is 75.1 Å². The third-order valence-corrected chi connectivity index (χ3v) is 5.93. The summed E-state index contributed by atoms with van der Waals surface area (Å²) in [7, 11) is 1.61. The molecule has 0 aliphatic carbocycles. The topological polar surface area (TPSA) is 160 Å². The second-order valence-electron chi connectivity index (χ2n) is 10.5. The Hall–Kier alpha value is -4.29. The maximum absolute atomic E-state index is 13.5. The van der Waals surface area contributed by atoms with Crippen molar-refractivity contribution in [1.82, 2.24) is 19.9 Å². The van der Waals surface area contributed by atoms with Crippen molar-refractivity contribution >= 4 is 23.5 Å². The van der Waals surface area contributed by atoms with E-state index < -0.39 is 29.2 Å². The van der Waals surface area contributed by atoms with Gasteiger partial charge in [0.1, 0.15) is 23.3 Å². The molecule has 12 nitrogen and oxygen atoms in total. The SMILES string of the molecule is CCOC[C@@H](NC(=O)OC(C)(C)C)c1cncc(NC(=O)c2c(N)ncn(-c3c(C)cc(COC)cc3C)c2=O)c1. The molecule has 220 valence electrons. The molecule has 0 saturated heterocycles. The quantitative estimate of drug-likeness (QED) is 0.331. The van der Waals surface area contributed by atoms with Crippen molar-refractivity contribution in [2.75, 3.05) is 31.4 Å². The number of nitrogens with zero attached hydrogens (tertiary/aromatic N) is 3. The number of carbonyl (C=O) groups is 2. The molecular weight excluding hydrogens is 528 g/mol. The number of anilines is 2. The predicted octanol–water partition coefficient (Wildman–Crippen LogP) is 3.83. The van der Waals surface area contributed by atoms with Crippen LogP contribution in [0.25, 0.3) is 5.69 Å². The first kappa shape index (κ1) is 31.2. The Labute approximate surface area is 239 Å². The number of nitrogens with one attached hydrogen (secondary N) is 2. The third kappa shape index (κ3) is 8.12. The summed E-state index contributed by atoms with van der Waals surface area (Å²) in [6, 6.07) is 4.84. The van der Waals surface area contributed by atoms with E-state index >= 15 is 0 Å². The van der Waals surface area contributed by atoms with E-state index in [4.69, 9.17) is 19.9 Å². The largest absolute Gasteiger partial charge is 0.444 e. The summed E-state index contributed by atoms with van der Waals surface area (Å²) in [5.74, 6) is -0.957. The number of pyridine rings is 1. The van der Waals surface area contributed by atoms with Crippen LogP contribution in [-0.4, -0.2) is 52.5 Å². The van der Waals surface area contributed by atoms with Crippen LogP contribution in [0.1, 0.15) is 66.3 Å². The maximum atomic E-state index is 13.5. The molecule has 0 spiro atoms. The molecule has 4 N–H and O–H groups in total. The van der Waals surface area contributed by atoms with Gasteiger partial charge in [-0.1, -0.05) is 12.1 Å². The first-order chi connectivity index (χ1) is 19.3. The molecule has 3 aromatic rings. The van der Waals surface area contributed by atoms with E-state index in [0.29, 0.717) is 24.5 Å². The van der Waals surface area contributed by atoms with E-state index in [-0.39, 0.29) is 23.7 Å². The van der Waals surface area contributed by atoms with Crippen molar-refractivity contribution < 1.29 is 23.8 Å². The molecule has 1 atom stereocenters. The van der Waals surface area contributed by atoms with Gasteiger partial charge >= 0.3 is 6.09 Å². The van der Waals surface area contributed by atoms with E-state index in [9.17, 15) is 14.4 Å². The number of amides is 2. The molecule has 12 heteroatoms. The number of methoxy groups -OCH3 is 1. The molecule has 0 aliphatic rings. The van der Waals surface area contributed by atoms with E-state index in [0.717, 1.165) is 16.7 Å². The first-order valence-electron chi connectivity index (χ1n) is 13.1. The lowest BCUT2D eigenvalue weighted by atomic mass is 10.0. The van der Waals surface area contributed by atoms with Crippen LogP contribution in [-0.2, 0) is 20.8 Å². The monoisotopic (exact) mass is 566 g/mol. The second kappa shape index (κ2) is 13.4. The van der Waals surface area contributed by atoms with Gasteiger partial charge in [-0.2, -0.15) is 0 Å². The van der Waals surface area contributed by atoms with Crippen LogP contribution >= 0.6 is 0 Å². The van der Waals surface area contributed by atoms with Crippen LogP contribution in [0.5, 0.6) is 0 Å². The van der Waals surface area contributed by atoms with Gasteiger partial charge in [-0.3, -0.25) is 19.1 Å². The fraction of sp³-hybridized carbons (Fsp3) is 0.414. The molecule has 3 rings (SSSR count). The lowest BCUT2D eigenvalue weighted by Crippen LogP contribution is -2.36. The zero-order valence-corrected chi connectivity index (χ0v) is 24.5. The fourth-order valence-electron chi connectivity index (χ4n) is 4.33. The molecule has 2 aromatic heterocycles. The average molecular weight is 567 g/mol. The Morgan fingerprint density at radius 3 is 2.41 bits per heavy atom. The molecule has 0 unspecified atom stereocenters. The summed E-state index contributed by atoms with van der Waals surface area (Å²) < 4.78 is 17.4. The van der Waals surface area contributed by atoms with Crippen molar-refractivity contribution in [2.45, 2.75) is 59.8 Å². The van der Waals surface area contributed by atoms with Gasteiger partial charge in [0.2, 0.25) is 0 Å². The molecular formula is C29H38N6O6. The number of carbonyl (C=O) groups excluding carboxylic acids is 2. The summed E-state index contributed by atoms with van der Waals surface area (Å²) in [5.41, 5.74) is 8.41. The highest BCUT2D eigenvalue weighted by Crippen LogP contribution is 2.22. The zero-order chi connectivity index (χ0) is 30.3. The lowest BCUT2D eigenvalue weighted by Gasteiger charge is -2.24. The van der Waals surface area contributed by atoms with Crippen molar-refractivity contribution in [3.63, 3.8) is 0 Å². The molecule has 0 saturated carbocycles. The highest BCUT2D eigenvalue weighted by molar-refractivity contribution is 6.06. The van der Waals surface area contributed by atoms with Gasteiger partial charge in [0, 0.05) is 19.9 Å². The Bertz CT molecular complexity index is 1440. The van der Waals surface area contributed by atoms with Crippen molar-refractivity contribution in [1.29, 1.82) is 0 Å². The van der Waals surface area contributed by atoms with Gasteiger partial charge in [-0.15, -0.1) is 0 Å². The van der Waals surface area contributed by atoms with Crippen molar-refractivity contribution in [3.8, 4) is 5.69 Å². The Morgan fingerprint density at radius 2 is 1.80 bits per heavy atom. The Balaban J connectivity index is 1.91. The Morgan fingerprint density at radius 1 is 1.12 bits per heavy atom. The Kier molecular flexibility index (Phi) is 10.2. The maximum Gasteiger partial charge on any atom is 0.408 e. The highest BCUT2D eigenvalue weighted by Gasteiger charge is 2.23. The fourth-order valence-corrected chi connectivity index (χ4v) is 4.33. The number of ether oxygens (including phenoxy) is 3.